The fraction of sp³-hybridized carbons (Fsp3) is 0.368. The van der Waals surface area contributed by atoms with Crippen molar-refractivity contribution >= 4 is 40.4 Å². The summed E-state index contributed by atoms with van der Waals surface area (Å²) < 4.78 is 5.64. The van der Waals surface area contributed by atoms with Crippen molar-refractivity contribution in [2.24, 2.45) is 0 Å². The Morgan fingerprint density at radius 3 is 3.08 bits per heavy atom. The molecule has 2 aliphatic rings. The Labute approximate surface area is 160 Å². The number of benzene rings is 1. The quantitative estimate of drug-likeness (QED) is 0.869. The van der Waals surface area contributed by atoms with Gasteiger partial charge in [0.15, 0.2) is 0 Å². The molecule has 1 N–H and O–H groups in total. The van der Waals surface area contributed by atoms with Gasteiger partial charge in [0.05, 0.1) is 18.7 Å². The van der Waals surface area contributed by atoms with E-state index in [1.54, 1.807) is 22.3 Å². The number of carbonyl (C=O) groups is 2. The van der Waals surface area contributed by atoms with Crippen molar-refractivity contribution < 1.29 is 14.3 Å². The van der Waals surface area contributed by atoms with Gasteiger partial charge in [-0.15, -0.1) is 11.3 Å². The minimum absolute atomic E-state index is 0.00215. The fourth-order valence-electron chi connectivity index (χ4n) is 3.58. The summed E-state index contributed by atoms with van der Waals surface area (Å²) in [5.41, 5.74) is 1.59. The van der Waals surface area contributed by atoms with Crippen molar-refractivity contribution in [1.82, 2.24) is 4.90 Å². The van der Waals surface area contributed by atoms with Crippen LogP contribution in [0.4, 0.5) is 5.69 Å². The molecule has 26 heavy (non-hydrogen) atoms. The van der Waals surface area contributed by atoms with Gasteiger partial charge in [0.2, 0.25) is 11.8 Å². The summed E-state index contributed by atoms with van der Waals surface area (Å²) in [4.78, 5) is 28.2. The summed E-state index contributed by atoms with van der Waals surface area (Å²) in [5, 5.41) is 5.45. The van der Waals surface area contributed by atoms with E-state index in [1.165, 1.54) is 0 Å². The number of thiophene rings is 1. The number of carbonyl (C=O) groups excluding carboxylic acids is 2. The zero-order valence-electron chi connectivity index (χ0n) is 14.2. The molecule has 0 bridgehead atoms. The highest BCUT2D eigenvalue weighted by Crippen LogP contribution is 2.37. The lowest BCUT2D eigenvalue weighted by atomic mass is 10.1. The van der Waals surface area contributed by atoms with Crippen LogP contribution >= 0.6 is 22.9 Å². The Balaban J connectivity index is 1.48. The van der Waals surface area contributed by atoms with Crippen LogP contribution in [-0.2, 0) is 22.4 Å². The number of rotatable bonds is 4. The molecular weight excluding hydrogens is 372 g/mol. The van der Waals surface area contributed by atoms with Gasteiger partial charge in [-0.05, 0) is 36.4 Å². The smallest absolute Gasteiger partial charge is 0.247 e. The van der Waals surface area contributed by atoms with Gasteiger partial charge in [0.1, 0.15) is 11.8 Å². The molecule has 1 unspecified atom stereocenters. The Morgan fingerprint density at radius 2 is 2.27 bits per heavy atom. The van der Waals surface area contributed by atoms with Gasteiger partial charge in [-0.1, -0.05) is 17.7 Å². The highest BCUT2D eigenvalue weighted by atomic mass is 35.5. The first-order chi connectivity index (χ1) is 12.6. The average Bonchev–Trinajstić information content (AvgIpc) is 3.35. The summed E-state index contributed by atoms with van der Waals surface area (Å²) in [7, 11) is 0. The zero-order valence-corrected chi connectivity index (χ0v) is 15.7. The van der Waals surface area contributed by atoms with Crippen LogP contribution < -0.4 is 10.1 Å². The third kappa shape index (κ3) is 3.44. The Morgan fingerprint density at radius 1 is 1.38 bits per heavy atom. The van der Waals surface area contributed by atoms with Crippen LogP contribution in [0.25, 0.3) is 0 Å². The predicted molar refractivity (Wildman–Crippen MR) is 102 cm³/mol. The van der Waals surface area contributed by atoms with Gasteiger partial charge in [0.25, 0.3) is 0 Å². The SMILES string of the molecule is O=C(Nc1cc(Cl)cc2c1OCC2)C1CCCN1C(=O)Cc1cccs1. The Hall–Kier alpha value is -2.05. The molecule has 0 spiro atoms. The molecule has 0 radical (unpaired) electrons. The number of fused-ring (bicyclic) bond motifs is 1. The topological polar surface area (TPSA) is 58.6 Å². The predicted octanol–water partition coefficient (Wildman–Crippen LogP) is 3.51. The molecule has 1 fully saturated rings. The molecule has 136 valence electrons. The number of nitrogens with zero attached hydrogens (tertiary/aromatic N) is 1. The van der Waals surface area contributed by atoms with Crippen LogP contribution in [0.2, 0.25) is 5.02 Å². The monoisotopic (exact) mass is 390 g/mol. The van der Waals surface area contributed by atoms with E-state index in [4.69, 9.17) is 16.3 Å². The second-order valence-electron chi connectivity index (χ2n) is 6.53. The van der Waals surface area contributed by atoms with Crippen molar-refractivity contribution in [3.05, 3.63) is 45.1 Å². The molecule has 1 aromatic carbocycles. The third-order valence-electron chi connectivity index (χ3n) is 4.79. The maximum absolute atomic E-state index is 12.8. The van der Waals surface area contributed by atoms with Crippen LogP contribution in [0.5, 0.6) is 5.75 Å². The molecular formula is C19H19ClN2O3S. The standard InChI is InChI=1S/C19H19ClN2O3S/c20-13-9-12-5-7-25-18(12)15(10-13)21-19(24)16-4-1-6-22(16)17(23)11-14-3-2-8-26-14/h2-3,8-10,16H,1,4-7,11H2,(H,21,24). The number of ether oxygens (including phenoxy) is 1. The third-order valence-corrected chi connectivity index (χ3v) is 5.88. The lowest BCUT2D eigenvalue weighted by Gasteiger charge is -2.24. The Bertz CT molecular complexity index is 838. The maximum atomic E-state index is 12.8. The van der Waals surface area contributed by atoms with E-state index in [1.807, 2.05) is 23.6 Å². The van der Waals surface area contributed by atoms with Gasteiger partial charge < -0.3 is 15.0 Å². The van der Waals surface area contributed by atoms with Gasteiger partial charge in [-0.25, -0.2) is 0 Å². The molecule has 1 aromatic heterocycles. The first-order valence-corrected chi connectivity index (χ1v) is 9.95. The zero-order chi connectivity index (χ0) is 18.1. The largest absolute Gasteiger partial charge is 0.491 e. The number of hydrogen-bond donors (Lipinski definition) is 1. The molecule has 5 nitrogen and oxygen atoms in total. The van der Waals surface area contributed by atoms with Gasteiger partial charge in [0, 0.05) is 28.4 Å². The molecule has 0 aliphatic carbocycles. The minimum Gasteiger partial charge on any atom is -0.491 e. The minimum atomic E-state index is -0.446. The maximum Gasteiger partial charge on any atom is 0.247 e. The molecule has 0 saturated carbocycles. The van der Waals surface area contributed by atoms with Crippen molar-refractivity contribution in [2.45, 2.75) is 31.7 Å². The van der Waals surface area contributed by atoms with Crippen LogP contribution in [0.3, 0.4) is 0 Å². The average molecular weight is 391 g/mol. The van der Waals surface area contributed by atoms with Gasteiger partial charge in [-0.3, -0.25) is 9.59 Å². The van der Waals surface area contributed by atoms with Crippen LogP contribution in [0, 0.1) is 0 Å². The van der Waals surface area contributed by atoms with Crippen molar-refractivity contribution in [3.8, 4) is 5.75 Å². The number of nitrogens with one attached hydrogen (secondary N) is 1. The van der Waals surface area contributed by atoms with E-state index in [-0.39, 0.29) is 11.8 Å². The van der Waals surface area contributed by atoms with Crippen molar-refractivity contribution in [2.75, 3.05) is 18.5 Å². The molecule has 1 saturated heterocycles. The lowest BCUT2D eigenvalue weighted by Crippen LogP contribution is -2.43. The molecule has 2 aromatic rings. The Kier molecular flexibility index (Phi) is 4.87. The lowest BCUT2D eigenvalue weighted by molar-refractivity contribution is -0.136. The highest BCUT2D eigenvalue weighted by Gasteiger charge is 2.34. The summed E-state index contributed by atoms with van der Waals surface area (Å²) >= 11 is 7.72. The number of likely N-dealkylation sites (tertiary alicyclic amines) is 1. The molecule has 2 amide bonds. The van der Waals surface area contributed by atoms with E-state index in [9.17, 15) is 9.59 Å². The fourth-order valence-corrected chi connectivity index (χ4v) is 4.52. The first-order valence-electron chi connectivity index (χ1n) is 8.70. The van der Waals surface area contributed by atoms with E-state index >= 15 is 0 Å². The summed E-state index contributed by atoms with van der Waals surface area (Å²) in [6.45, 7) is 1.21. The van der Waals surface area contributed by atoms with Gasteiger partial charge >= 0.3 is 0 Å². The van der Waals surface area contributed by atoms with E-state index < -0.39 is 6.04 Å². The van der Waals surface area contributed by atoms with E-state index in [0.717, 1.165) is 23.3 Å². The summed E-state index contributed by atoms with van der Waals surface area (Å²) in [6, 6.07) is 7.00. The van der Waals surface area contributed by atoms with E-state index in [2.05, 4.69) is 5.32 Å². The van der Waals surface area contributed by atoms with Crippen LogP contribution in [0.1, 0.15) is 23.3 Å². The van der Waals surface area contributed by atoms with E-state index in [0.29, 0.717) is 42.5 Å². The number of anilines is 1. The molecule has 7 heteroatoms. The second kappa shape index (κ2) is 7.29. The number of amides is 2. The highest BCUT2D eigenvalue weighted by molar-refractivity contribution is 7.10. The molecule has 4 rings (SSSR count). The molecule has 3 heterocycles. The number of halogens is 1. The molecule has 1 atom stereocenters. The summed E-state index contributed by atoms with van der Waals surface area (Å²) in [6.07, 6.45) is 2.63. The normalized spacial score (nSPS) is 18.5. The van der Waals surface area contributed by atoms with Crippen LogP contribution in [-0.4, -0.2) is 35.9 Å². The number of hydrogen-bond acceptors (Lipinski definition) is 4. The second-order valence-corrected chi connectivity index (χ2v) is 8.00. The van der Waals surface area contributed by atoms with Crippen molar-refractivity contribution in [3.63, 3.8) is 0 Å². The summed E-state index contributed by atoms with van der Waals surface area (Å²) in [5.74, 6) is 0.511. The van der Waals surface area contributed by atoms with Crippen LogP contribution in [0.15, 0.2) is 29.6 Å². The first kappa shape index (κ1) is 17.4. The van der Waals surface area contributed by atoms with Crippen molar-refractivity contribution in [1.29, 1.82) is 0 Å². The van der Waals surface area contributed by atoms with Gasteiger partial charge in [-0.2, -0.15) is 0 Å². The molecule has 2 aliphatic heterocycles.